The average Bonchev–Trinajstić information content (AvgIpc) is 3.24. The summed E-state index contributed by atoms with van der Waals surface area (Å²) in [5.41, 5.74) is 0.543. The van der Waals surface area contributed by atoms with Gasteiger partial charge in [-0.1, -0.05) is 56.2 Å². The fraction of sp³-hybridized carbons (Fsp3) is 0.407. The van der Waals surface area contributed by atoms with E-state index in [1.807, 2.05) is 54.6 Å². The Kier molecular flexibility index (Phi) is 9.07. The molecule has 1 aliphatic rings. The maximum atomic E-state index is 13.5. The van der Waals surface area contributed by atoms with Gasteiger partial charge in [-0.15, -0.1) is 6.58 Å². The number of aliphatic hydroxyl groups excluding tert-OH is 1. The number of unbranched alkanes of at least 4 members (excludes halogenated alkanes) is 2. The van der Waals surface area contributed by atoms with Gasteiger partial charge in [0.25, 0.3) is 5.91 Å². The van der Waals surface area contributed by atoms with E-state index >= 15 is 0 Å². The molecule has 0 spiro atoms. The van der Waals surface area contributed by atoms with Crippen LogP contribution >= 0.6 is 0 Å². The number of nitrogens with one attached hydrogen (secondary N) is 1. The molecule has 2 aromatic carbocycles. The van der Waals surface area contributed by atoms with Crippen molar-refractivity contribution in [2.75, 3.05) is 19.8 Å². The van der Waals surface area contributed by atoms with Crippen LogP contribution in [0, 0.1) is 0 Å². The predicted octanol–water partition coefficient (Wildman–Crippen LogP) is 4.59. The summed E-state index contributed by atoms with van der Waals surface area (Å²) in [5, 5.41) is 12.0. The number of ether oxygens (including phenoxy) is 2. The van der Waals surface area contributed by atoms with Crippen LogP contribution in [-0.2, 0) is 9.53 Å². The molecule has 0 radical (unpaired) electrons. The van der Waals surface area contributed by atoms with Crippen molar-refractivity contribution in [3.8, 4) is 5.75 Å². The van der Waals surface area contributed by atoms with Crippen LogP contribution in [0.5, 0.6) is 5.75 Å². The number of benzene rings is 2. The Labute approximate surface area is 196 Å². The second-order valence-corrected chi connectivity index (χ2v) is 8.16. The monoisotopic (exact) mass is 450 g/mol. The van der Waals surface area contributed by atoms with Crippen molar-refractivity contribution in [1.29, 1.82) is 0 Å². The molecule has 2 aromatic rings. The minimum atomic E-state index is -1.12. The third-order valence-electron chi connectivity index (χ3n) is 5.65. The number of amides is 1. The maximum Gasteiger partial charge on any atom is 0.252 e. The second kappa shape index (κ2) is 12.2. The smallest absolute Gasteiger partial charge is 0.252 e. The van der Waals surface area contributed by atoms with Crippen LogP contribution in [0.1, 0.15) is 56.3 Å². The lowest BCUT2D eigenvalue weighted by atomic mass is 9.84. The van der Waals surface area contributed by atoms with E-state index < -0.39 is 11.6 Å². The Morgan fingerprint density at radius 1 is 1.18 bits per heavy atom. The van der Waals surface area contributed by atoms with Gasteiger partial charge in [-0.2, -0.15) is 0 Å². The number of aliphatic imine (C=N–C) groups is 1. The zero-order valence-electron chi connectivity index (χ0n) is 19.3. The number of hydrogen-bond donors (Lipinski definition) is 2. The first-order chi connectivity index (χ1) is 16.1. The van der Waals surface area contributed by atoms with Crippen molar-refractivity contribution in [2.24, 2.45) is 4.99 Å². The van der Waals surface area contributed by atoms with E-state index in [4.69, 9.17) is 19.6 Å². The van der Waals surface area contributed by atoms with Gasteiger partial charge >= 0.3 is 0 Å². The van der Waals surface area contributed by atoms with Crippen LogP contribution in [0.3, 0.4) is 0 Å². The lowest BCUT2D eigenvalue weighted by Gasteiger charge is -2.29. The summed E-state index contributed by atoms with van der Waals surface area (Å²) in [5.74, 6) is 0.985. The maximum absolute atomic E-state index is 13.5. The van der Waals surface area contributed by atoms with Crippen molar-refractivity contribution in [2.45, 2.75) is 50.7 Å². The molecule has 0 saturated carbocycles. The van der Waals surface area contributed by atoms with Crippen LogP contribution < -0.4 is 10.1 Å². The Bertz CT molecular complexity index is 927. The Morgan fingerprint density at radius 3 is 2.61 bits per heavy atom. The van der Waals surface area contributed by atoms with E-state index in [-0.39, 0.29) is 12.5 Å². The summed E-state index contributed by atoms with van der Waals surface area (Å²) in [4.78, 5) is 18.4. The number of carbonyl (C=O) groups excluding carboxylic acids is 1. The van der Waals surface area contributed by atoms with Crippen LogP contribution in [0.4, 0.5) is 0 Å². The van der Waals surface area contributed by atoms with Gasteiger partial charge in [-0.05, 0) is 36.2 Å². The first kappa shape index (κ1) is 24.5. The highest BCUT2D eigenvalue weighted by Gasteiger charge is 2.52. The molecule has 33 heavy (non-hydrogen) atoms. The molecule has 6 nitrogen and oxygen atoms in total. The molecule has 0 aromatic heterocycles. The lowest BCUT2D eigenvalue weighted by molar-refractivity contribution is -0.128. The molecule has 0 fully saturated rings. The number of rotatable bonds is 13. The summed E-state index contributed by atoms with van der Waals surface area (Å²) in [6, 6.07) is 17.2. The fourth-order valence-electron chi connectivity index (χ4n) is 3.89. The third-order valence-corrected chi connectivity index (χ3v) is 5.65. The standard InChI is InChI=1S/C27H34N2O4/c1-3-5-9-18-28-26(31)27(17-4-2)24(21-11-7-6-8-12-21)33-25(29-27)22-13-15-23(16-14-22)32-20-10-19-30/h4,6-8,11-16,24,30H,2-3,5,9-10,17-20H2,1H3,(H,28,31)/t24-,27-/m1/s1. The topological polar surface area (TPSA) is 80.2 Å². The molecule has 1 amide bonds. The van der Waals surface area contributed by atoms with Crippen molar-refractivity contribution in [3.63, 3.8) is 0 Å². The van der Waals surface area contributed by atoms with Crippen molar-refractivity contribution < 1.29 is 19.4 Å². The zero-order valence-corrected chi connectivity index (χ0v) is 19.3. The van der Waals surface area contributed by atoms with Gasteiger partial charge < -0.3 is 19.9 Å². The van der Waals surface area contributed by atoms with Gasteiger partial charge in [0.15, 0.2) is 11.6 Å². The molecule has 0 bridgehead atoms. The zero-order chi connectivity index (χ0) is 23.5. The van der Waals surface area contributed by atoms with Gasteiger partial charge in [-0.3, -0.25) is 4.79 Å². The average molecular weight is 451 g/mol. The second-order valence-electron chi connectivity index (χ2n) is 8.16. The van der Waals surface area contributed by atoms with E-state index in [2.05, 4.69) is 18.8 Å². The SMILES string of the molecule is C=CC[C@@]1(C(=O)NCCCCC)N=C(c2ccc(OCCCO)cc2)O[C@@H]1c1ccccc1. The van der Waals surface area contributed by atoms with Crippen molar-refractivity contribution in [3.05, 3.63) is 78.4 Å². The molecule has 0 aliphatic carbocycles. The van der Waals surface area contributed by atoms with Gasteiger partial charge in [0.1, 0.15) is 5.75 Å². The quantitative estimate of drug-likeness (QED) is 0.346. The van der Waals surface area contributed by atoms with E-state index in [0.717, 1.165) is 30.4 Å². The minimum absolute atomic E-state index is 0.0928. The molecule has 0 unspecified atom stereocenters. The molecule has 0 saturated heterocycles. The van der Waals surface area contributed by atoms with Crippen LogP contribution in [0.25, 0.3) is 0 Å². The Balaban J connectivity index is 1.90. The highest BCUT2D eigenvalue weighted by Crippen LogP contribution is 2.42. The molecule has 3 rings (SSSR count). The van der Waals surface area contributed by atoms with Gasteiger partial charge in [0.2, 0.25) is 5.90 Å². The molecule has 1 heterocycles. The summed E-state index contributed by atoms with van der Waals surface area (Å²) >= 11 is 0. The highest BCUT2D eigenvalue weighted by atomic mass is 16.5. The predicted molar refractivity (Wildman–Crippen MR) is 131 cm³/mol. The Morgan fingerprint density at radius 2 is 1.94 bits per heavy atom. The molecule has 2 N–H and O–H groups in total. The van der Waals surface area contributed by atoms with E-state index in [1.165, 1.54) is 0 Å². The van der Waals surface area contributed by atoms with Gasteiger partial charge in [0.05, 0.1) is 6.61 Å². The summed E-state index contributed by atoms with van der Waals surface area (Å²) < 4.78 is 12.0. The Hall–Kier alpha value is -3.12. The number of aliphatic hydroxyl groups is 1. The first-order valence-corrected chi connectivity index (χ1v) is 11.7. The first-order valence-electron chi connectivity index (χ1n) is 11.7. The number of hydrogen-bond acceptors (Lipinski definition) is 5. The molecule has 176 valence electrons. The highest BCUT2D eigenvalue weighted by molar-refractivity contribution is 6.01. The lowest BCUT2D eigenvalue weighted by Crippen LogP contribution is -2.48. The largest absolute Gasteiger partial charge is 0.494 e. The number of carbonyl (C=O) groups is 1. The summed E-state index contributed by atoms with van der Waals surface area (Å²) in [7, 11) is 0. The molecule has 1 aliphatic heterocycles. The van der Waals surface area contributed by atoms with E-state index in [0.29, 0.717) is 37.6 Å². The van der Waals surface area contributed by atoms with E-state index in [9.17, 15) is 4.79 Å². The number of nitrogens with zero attached hydrogens (tertiary/aromatic N) is 1. The minimum Gasteiger partial charge on any atom is -0.494 e. The molecular formula is C27H34N2O4. The van der Waals surface area contributed by atoms with Crippen molar-refractivity contribution in [1.82, 2.24) is 5.32 Å². The fourth-order valence-corrected chi connectivity index (χ4v) is 3.89. The van der Waals surface area contributed by atoms with Crippen molar-refractivity contribution >= 4 is 11.8 Å². The third kappa shape index (κ3) is 6.02. The molecular weight excluding hydrogens is 416 g/mol. The van der Waals surface area contributed by atoms with Crippen LogP contribution in [0.2, 0.25) is 0 Å². The van der Waals surface area contributed by atoms with Gasteiger partial charge in [0, 0.05) is 31.6 Å². The molecule has 2 atom stereocenters. The summed E-state index contributed by atoms with van der Waals surface area (Å²) in [6.07, 6.45) is 5.19. The summed E-state index contributed by atoms with van der Waals surface area (Å²) in [6.45, 7) is 7.18. The van der Waals surface area contributed by atoms with Gasteiger partial charge in [-0.25, -0.2) is 4.99 Å². The van der Waals surface area contributed by atoms with Crippen LogP contribution in [-0.4, -0.2) is 42.2 Å². The van der Waals surface area contributed by atoms with E-state index in [1.54, 1.807) is 6.08 Å². The van der Waals surface area contributed by atoms with Crippen LogP contribution in [0.15, 0.2) is 72.2 Å². The normalized spacial score (nSPS) is 19.5. The molecule has 6 heteroatoms.